The Morgan fingerprint density at radius 3 is 2.63 bits per heavy atom. The third-order valence-electron chi connectivity index (χ3n) is 6.07. The molecule has 1 aliphatic heterocycles. The van der Waals surface area contributed by atoms with Crippen molar-refractivity contribution in [2.45, 2.75) is 56.2 Å². The van der Waals surface area contributed by atoms with E-state index in [1.54, 1.807) is 13.1 Å². The molecule has 1 aromatic rings. The van der Waals surface area contributed by atoms with Gasteiger partial charge in [-0.2, -0.15) is 13.2 Å². The number of ether oxygens (including phenoxy) is 2. The molecule has 0 unspecified atom stereocenters. The number of aliphatic imine (C=N–C) groups is 1. The molecule has 0 spiro atoms. The molecule has 30 heavy (non-hydrogen) atoms. The van der Waals surface area contributed by atoms with E-state index in [2.05, 4.69) is 15.6 Å². The lowest BCUT2D eigenvalue weighted by molar-refractivity contribution is -0.137. The minimum absolute atomic E-state index is 0.273. The fourth-order valence-electron chi connectivity index (χ4n) is 4.04. The molecule has 1 aliphatic carbocycles. The van der Waals surface area contributed by atoms with Crippen LogP contribution in [0.1, 0.15) is 49.7 Å². The van der Waals surface area contributed by atoms with Gasteiger partial charge in [-0.3, -0.25) is 4.99 Å². The molecule has 2 N–H and O–H groups in total. The second kappa shape index (κ2) is 10.5. The Hall–Kier alpha value is -1.80. The van der Waals surface area contributed by atoms with E-state index in [0.29, 0.717) is 25.2 Å². The van der Waals surface area contributed by atoms with Crippen LogP contribution in [-0.2, 0) is 21.1 Å². The number of benzene rings is 1. The Labute approximate surface area is 176 Å². The van der Waals surface area contributed by atoms with E-state index in [4.69, 9.17) is 9.47 Å². The highest BCUT2D eigenvalue weighted by Gasteiger charge is 2.40. The zero-order chi connectivity index (χ0) is 21.5. The van der Waals surface area contributed by atoms with Gasteiger partial charge in [0.05, 0.1) is 11.7 Å². The fraction of sp³-hybridized carbons (Fsp3) is 0.682. The maximum Gasteiger partial charge on any atom is 0.416 e. The average Bonchev–Trinajstić information content (AvgIpc) is 2.71. The number of halogens is 3. The summed E-state index contributed by atoms with van der Waals surface area (Å²) in [7, 11) is 1.70. The monoisotopic (exact) mass is 427 g/mol. The van der Waals surface area contributed by atoms with Gasteiger partial charge in [-0.1, -0.05) is 24.6 Å². The minimum Gasteiger partial charge on any atom is -0.381 e. The Balaban J connectivity index is 1.45. The fourth-order valence-corrected chi connectivity index (χ4v) is 4.04. The molecule has 3 rings (SSSR count). The lowest BCUT2D eigenvalue weighted by atomic mass is 9.64. The molecule has 1 aromatic carbocycles. The Morgan fingerprint density at radius 2 is 2.00 bits per heavy atom. The van der Waals surface area contributed by atoms with Crippen LogP contribution in [0.2, 0.25) is 0 Å². The molecule has 5 nitrogen and oxygen atoms in total. The number of nitrogens with one attached hydrogen (secondary N) is 2. The van der Waals surface area contributed by atoms with Gasteiger partial charge in [-0.05, 0) is 43.7 Å². The number of nitrogens with zero attached hydrogens (tertiary/aromatic N) is 1. The van der Waals surface area contributed by atoms with Gasteiger partial charge in [0.25, 0.3) is 0 Å². The standard InChI is InChI=1S/C22H32F3N3O2/c1-26-20(27-11-4-12-30-19-7-13-29-14-8-19)28-16-21(9-3-10-21)17-5-2-6-18(15-17)22(23,24)25/h2,5-6,15,19H,3-4,7-14,16H2,1H3,(H2,26,27,28). The van der Waals surface area contributed by atoms with Crippen molar-refractivity contribution in [2.75, 3.05) is 40.0 Å². The Kier molecular flexibility index (Phi) is 7.99. The quantitative estimate of drug-likeness (QED) is 0.376. The van der Waals surface area contributed by atoms with Crippen molar-refractivity contribution in [3.63, 3.8) is 0 Å². The zero-order valence-corrected chi connectivity index (χ0v) is 17.6. The van der Waals surface area contributed by atoms with Gasteiger partial charge in [0.15, 0.2) is 5.96 Å². The lowest BCUT2D eigenvalue weighted by Crippen LogP contribution is -2.49. The molecule has 0 radical (unpaired) electrons. The second-order valence-electron chi connectivity index (χ2n) is 8.10. The number of guanidine groups is 1. The van der Waals surface area contributed by atoms with E-state index in [-0.39, 0.29) is 5.41 Å². The van der Waals surface area contributed by atoms with Crippen molar-refractivity contribution < 1.29 is 22.6 Å². The normalized spacial score (nSPS) is 19.9. The maximum absolute atomic E-state index is 13.1. The van der Waals surface area contributed by atoms with Crippen LogP contribution in [0.3, 0.4) is 0 Å². The van der Waals surface area contributed by atoms with E-state index in [1.165, 1.54) is 12.1 Å². The predicted octanol–water partition coefficient (Wildman–Crippen LogP) is 3.88. The molecule has 0 atom stereocenters. The average molecular weight is 428 g/mol. The Morgan fingerprint density at radius 1 is 1.23 bits per heavy atom. The number of rotatable bonds is 8. The van der Waals surface area contributed by atoms with Crippen molar-refractivity contribution in [3.05, 3.63) is 35.4 Å². The summed E-state index contributed by atoms with van der Waals surface area (Å²) in [6, 6.07) is 5.74. The van der Waals surface area contributed by atoms with Crippen molar-refractivity contribution in [2.24, 2.45) is 4.99 Å². The van der Waals surface area contributed by atoms with Crippen LogP contribution in [0.5, 0.6) is 0 Å². The summed E-state index contributed by atoms with van der Waals surface area (Å²) in [5, 5.41) is 6.58. The lowest BCUT2D eigenvalue weighted by Gasteiger charge is -2.43. The van der Waals surface area contributed by atoms with E-state index >= 15 is 0 Å². The van der Waals surface area contributed by atoms with Gasteiger partial charge in [0.2, 0.25) is 0 Å². The molecule has 1 heterocycles. The summed E-state index contributed by atoms with van der Waals surface area (Å²) in [4.78, 5) is 4.24. The van der Waals surface area contributed by atoms with Crippen molar-refractivity contribution in [1.29, 1.82) is 0 Å². The van der Waals surface area contributed by atoms with Gasteiger partial charge < -0.3 is 20.1 Å². The highest BCUT2D eigenvalue weighted by atomic mass is 19.4. The Bertz CT molecular complexity index is 699. The van der Waals surface area contributed by atoms with Gasteiger partial charge in [0, 0.05) is 45.4 Å². The van der Waals surface area contributed by atoms with Crippen LogP contribution in [0.25, 0.3) is 0 Å². The first-order chi connectivity index (χ1) is 14.4. The van der Waals surface area contributed by atoms with E-state index in [9.17, 15) is 13.2 Å². The molecular formula is C22H32F3N3O2. The van der Waals surface area contributed by atoms with Gasteiger partial charge in [-0.15, -0.1) is 0 Å². The van der Waals surface area contributed by atoms with Gasteiger partial charge in [-0.25, -0.2) is 0 Å². The smallest absolute Gasteiger partial charge is 0.381 e. The molecule has 0 bridgehead atoms. The van der Waals surface area contributed by atoms with E-state index in [0.717, 1.165) is 69.9 Å². The van der Waals surface area contributed by atoms with Crippen molar-refractivity contribution >= 4 is 5.96 Å². The predicted molar refractivity (Wildman–Crippen MR) is 111 cm³/mol. The third kappa shape index (κ3) is 6.11. The molecule has 8 heteroatoms. The highest BCUT2D eigenvalue weighted by molar-refractivity contribution is 5.79. The third-order valence-corrected chi connectivity index (χ3v) is 6.07. The summed E-state index contributed by atoms with van der Waals surface area (Å²) in [5.41, 5.74) is -0.111. The van der Waals surface area contributed by atoms with Crippen LogP contribution in [0.4, 0.5) is 13.2 Å². The van der Waals surface area contributed by atoms with E-state index < -0.39 is 11.7 Å². The molecule has 0 amide bonds. The summed E-state index contributed by atoms with van der Waals surface area (Å²) in [6.07, 6.45) is 1.50. The molecule has 2 aliphatic rings. The SMILES string of the molecule is CN=C(NCCCOC1CCOCC1)NCC1(c2cccc(C(F)(F)F)c2)CCC1. The number of alkyl halides is 3. The molecule has 1 saturated carbocycles. The van der Waals surface area contributed by atoms with Crippen molar-refractivity contribution in [3.8, 4) is 0 Å². The van der Waals surface area contributed by atoms with Crippen LogP contribution < -0.4 is 10.6 Å². The molecular weight excluding hydrogens is 395 g/mol. The summed E-state index contributed by atoms with van der Waals surface area (Å²) in [6.45, 7) is 3.51. The zero-order valence-electron chi connectivity index (χ0n) is 17.6. The number of hydrogen-bond acceptors (Lipinski definition) is 3. The summed E-state index contributed by atoms with van der Waals surface area (Å²) in [5.74, 6) is 0.666. The van der Waals surface area contributed by atoms with Crippen LogP contribution in [0.15, 0.2) is 29.3 Å². The highest BCUT2D eigenvalue weighted by Crippen LogP contribution is 2.44. The largest absolute Gasteiger partial charge is 0.416 e. The topological polar surface area (TPSA) is 54.9 Å². The van der Waals surface area contributed by atoms with Gasteiger partial charge >= 0.3 is 6.18 Å². The van der Waals surface area contributed by atoms with Crippen LogP contribution >= 0.6 is 0 Å². The maximum atomic E-state index is 13.1. The van der Waals surface area contributed by atoms with Gasteiger partial charge in [0.1, 0.15) is 0 Å². The molecule has 1 saturated heterocycles. The summed E-state index contributed by atoms with van der Waals surface area (Å²) < 4.78 is 50.5. The van der Waals surface area contributed by atoms with E-state index in [1.807, 2.05) is 0 Å². The van der Waals surface area contributed by atoms with Crippen molar-refractivity contribution in [1.82, 2.24) is 10.6 Å². The minimum atomic E-state index is -4.32. The summed E-state index contributed by atoms with van der Waals surface area (Å²) >= 11 is 0. The second-order valence-corrected chi connectivity index (χ2v) is 8.10. The molecule has 2 fully saturated rings. The molecule has 168 valence electrons. The van der Waals surface area contributed by atoms with Crippen LogP contribution in [-0.4, -0.2) is 52.0 Å². The first-order valence-electron chi connectivity index (χ1n) is 10.7. The van der Waals surface area contributed by atoms with Crippen LogP contribution in [0, 0.1) is 0 Å². The first kappa shape index (κ1) is 22.9. The first-order valence-corrected chi connectivity index (χ1v) is 10.7. The number of hydrogen-bond donors (Lipinski definition) is 2. The molecule has 0 aromatic heterocycles.